The molecule has 3 rings (SSSR count). The van der Waals surface area contributed by atoms with Gasteiger partial charge in [0.15, 0.2) is 6.10 Å². The fourth-order valence-corrected chi connectivity index (χ4v) is 2.54. The minimum absolute atomic E-state index is 0.204. The third kappa shape index (κ3) is 5.64. The number of nitrogens with one attached hydrogen (secondary N) is 1. The van der Waals surface area contributed by atoms with Crippen molar-refractivity contribution in [3.8, 4) is 5.75 Å². The molecule has 7 heteroatoms. The number of carbonyl (C=O) groups excluding carboxylic acids is 2. The van der Waals surface area contributed by atoms with Crippen LogP contribution in [0.2, 0.25) is 0 Å². The molecule has 3 aromatic rings. The van der Waals surface area contributed by atoms with Crippen LogP contribution in [0.25, 0.3) is 0 Å². The monoisotopic (exact) mass is 411 g/mol. The fourth-order valence-electron chi connectivity index (χ4n) is 2.54. The van der Waals surface area contributed by atoms with Crippen LogP contribution >= 0.6 is 0 Å². The van der Waals surface area contributed by atoms with Crippen LogP contribution in [0.5, 0.6) is 5.75 Å². The van der Waals surface area contributed by atoms with Crippen molar-refractivity contribution in [2.75, 3.05) is 5.32 Å². The van der Waals surface area contributed by atoms with E-state index < -0.39 is 29.6 Å². The molecule has 154 valence electrons. The number of hydrogen-bond donors (Lipinski definition) is 1. The maximum atomic E-state index is 13.6. The number of rotatable bonds is 7. The minimum atomic E-state index is -1.18. The quantitative estimate of drug-likeness (QED) is 0.571. The molecular weight excluding hydrogens is 392 g/mol. The Labute approximate surface area is 172 Å². The average Bonchev–Trinajstić information content (AvgIpc) is 2.75. The average molecular weight is 411 g/mol. The standard InChI is InChI=1S/C23H19F2NO4/c1-15(22(27)26-21-12-9-18(24)13-20(21)25)30-23(28)17-7-10-19(11-8-17)29-14-16-5-3-2-4-6-16/h2-13,15H,14H2,1H3,(H,26,27)/t15-/m1/s1. The van der Waals surface area contributed by atoms with E-state index in [4.69, 9.17) is 9.47 Å². The van der Waals surface area contributed by atoms with Gasteiger partial charge in [-0.2, -0.15) is 0 Å². The lowest BCUT2D eigenvalue weighted by Crippen LogP contribution is -2.30. The predicted octanol–water partition coefficient (Wildman–Crippen LogP) is 4.73. The molecular formula is C23H19F2NO4. The molecule has 1 atom stereocenters. The summed E-state index contributed by atoms with van der Waals surface area (Å²) in [4.78, 5) is 24.4. The lowest BCUT2D eigenvalue weighted by atomic mass is 10.2. The molecule has 30 heavy (non-hydrogen) atoms. The second kappa shape index (κ2) is 9.65. The fraction of sp³-hybridized carbons (Fsp3) is 0.130. The highest BCUT2D eigenvalue weighted by atomic mass is 19.1. The first-order valence-electron chi connectivity index (χ1n) is 9.16. The van der Waals surface area contributed by atoms with E-state index in [2.05, 4.69) is 5.32 Å². The Kier molecular flexibility index (Phi) is 6.75. The largest absolute Gasteiger partial charge is 0.489 e. The number of benzene rings is 3. The molecule has 0 aliphatic carbocycles. The second-order valence-electron chi connectivity index (χ2n) is 6.46. The normalized spacial score (nSPS) is 11.4. The van der Waals surface area contributed by atoms with E-state index in [0.717, 1.165) is 17.7 Å². The second-order valence-corrected chi connectivity index (χ2v) is 6.46. The Hall–Kier alpha value is -3.74. The summed E-state index contributed by atoms with van der Waals surface area (Å²) in [5.41, 5.74) is 1.04. The maximum absolute atomic E-state index is 13.6. The van der Waals surface area contributed by atoms with Crippen LogP contribution in [0.3, 0.4) is 0 Å². The summed E-state index contributed by atoms with van der Waals surface area (Å²) in [7, 11) is 0. The van der Waals surface area contributed by atoms with Gasteiger partial charge >= 0.3 is 5.97 Å². The van der Waals surface area contributed by atoms with Crippen molar-refractivity contribution in [2.24, 2.45) is 0 Å². The van der Waals surface area contributed by atoms with E-state index >= 15 is 0 Å². The summed E-state index contributed by atoms with van der Waals surface area (Å²) in [5.74, 6) is -2.56. The Balaban J connectivity index is 1.53. The molecule has 1 N–H and O–H groups in total. The van der Waals surface area contributed by atoms with Crippen LogP contribution in [0.1, 0.15) is 22.8 Å². The lowest BCUT2D eigenvalue weighted by molar-refractivity contribution is -0.123. The van der Waals surface area contributed by atoms with Crippen LogP contribution in [0.15, 0.2) is 72.8 Å². The topological polar surface area (TPSA) is 64.6 Å². The van der Waals surface area contributed by atoms with Crippen LogP contribution in [0.4, 0.5) is 14.5 Å². The molecule has 0 saturated heterocycles. The van der Waals surface area contributed by atoms with Gasteiger partial charge in [-0.05, 0) is 48.9 Å². The molecule has 0 aliphatic heterocycles. The summed E-state index contributed by atoms with van der Waals surface area (Å²) >= 11 is 0. The van der Waals surface area contributed by atoms with Gasteiger partial charge < -0.3 is 14.8 Å². The van der Waals surface area contributed by atoms with E-state index in [1.807, 2.05) is 30.3 Å². The smallest absolute Gasteiger partial charge is 0.338 e. The van der Waals surface area contributed by atoms with E-state index in [-0.39, 0.29) is 11.3 Å². The number of hydrogen-bond acceptors (Lipinski definition) is 4. The lowest BCUT2D eigenvalue weighted by Gasteiger charge is -2.14. The third-order valence-corrected chi connectivity index (χ3v) is 4.18. The van der Waals surface area contributed by atoms with Crippen molar-refractivity contribution < 1.29 is 27.8 Å². The highest BCUT2D eigenvalue weighted by molar-refractivity contribution is 5.97. The van der Waals surface area contributed by atoms with Crippen LogP contribution in [0, 0.1) is 11.6 Å². The molecule has 0 heterocycles. The molecule has 0 unspecified atom stereocenters. The Morgan fingerprint density at radius 3 is 2.33 bits per heavy atom. The zero-order valence-corrected chi connectivity index (χ0v) is 16.1. The van der Waals surface area contributed by atoms with Crippen molar-refractivity contribution in [2.45, 2.75) is 19.6 Å². The highest BCUT2D eigenvalue weighted by Crippen LogP contribution is 2.17. The van der Waals surface area contributed by atoms with Crippen molar-refractivity contribution in [1.29, 1.82) is 0 Å². The minimum Gasteiger partial charge on any atom is -0.489 e. The number of carbonyl (C=O) groups is 2. The van der Waals surface area contributed by atoms with Gasteiger partial charge in [0.2, 0.25) is 0 Å². The highest BCUT2D eigenvalue weighted by Gasteiger charge is 2.20. The van der Waals surface area contributed by atoms with Crippen molar-refractivity contribution >= 4 is 17.6 Å². The van der Waals surface area contributed by atoms with Gasteiger partial charge in [0.05, 0.1) is 11.3 Å². The molecule has 5 nitrogen and oxygen atoms in total. The van der Waals surface area contributed by atoms with Crippen LogP contribution < -0.4 is 10.1 Å². The molecule has 1 amide bonds. The van der Waals surface area contributed by atoms with Gasteiger partial charge in [0.25, 0.3) is 5.91 Å². The van der Waals surface area contributed by atoms with Crippen molar-refractivity contribution in [3.63, 3.8) is 0 Å². The molecule has 0 spiro atoms. The van der Waals surface area contributed by atoms with E-state index in [0.29, 0.717) is 18.4 Å². The van der Waals surface area contributed by atoms with Gasteiger partial charge in [-0.15, -0.1) is 0 Å². The molecule has 0 radical (unpaired) electrons. The number of esters is 1. The zero-order chi connectivity index (χ0) is 21.5. The number of ether oxygens (including phenoxy) is 2. The van der Waals surface area contributed by atoms with E-state index in [1.54, 1.807) is 12.1 Å². The summed E-state index contributed by atoms with van der Waals surface area (Å²) in [6.07, 6.45) is -1.18. The van der Waals surface area contributed by atoms with Crippen molar-refractivity contribution in [3.05, 3.63) is 95.6 Å². The first kappa shape index (κ1) is 21.0. The van der Waals surface area contributed by atoms with Crippen LogP contribution in [-0.2, 0) is 16.1 Å². The Morgan fingerprint density at radius 2 is 1.67 bits per heavy atom. The zero-order valence-electron chi connectivity index (χ0n) is 16.1. The SMILES string of the molecule is C[C@@H](OC(=O)c1ccc(OCc2ccccc2)cc1)C(=O)Nc1ccc(F)cc1F. The number of amides is 1. The van der Waals surface area contributed by atoms with Gasteiger partial charge in [0, 0.05) is 6.07 Å². The molecule has 3 aromatic carbocycles. The third-order valence-electron chi connectivity index (χ3n) is 4.18. The molecule has 0 bridgehead atoms. The Bertz CT molecular complexity index is 1020. The van der Waals surface area contributed by atoms with E-state index in [9.17, 15) is 18.4 Å². The predicted molar refractivity (Wildman–Crippen MR) is 107 cm³/mol. The summed E-state index contributed by atoms with van der Waals surface area (Å²) < 4.78 is 37.3. The first-order chi connectivity index (χ1) is 14.4. The first-order valence-corrected chi connectivity index (χ1v) is 9.16. The summed E-state index contributed by atoms with van der Waals surface area (Å²) in [5, 5.41) is 2.26. The maximum Gasteiger partial charge on any atom is 0.338 e. The van der Waals surface area contributed by atoms with E-state index in [1.165, 1.54) is 19.1 Å². The molecule has 0 saturated carbocycles. The van der Waals surface area contributed by atoms with Crippen LogP contribution in [-0.4, -0.2) is 18.0 Å². The van der Waals surface area contributed by atoms with Gasteiger partial charge in [-0.3, -0.25) is 4.79 Å². The molecule has 0 aromatic heterocycles. The Morgan fingerprint density at radius 1 is 0.967 bits per heavy atom. The van der Waals surface area contributed by atoms with Crippen molar-refractivity contribution in [1.82, 2.24) is 0 Å². The van der Waals surface area contributed by atoms with Gasteiger partial charge in [-0.1, -0.05) is 30.3 Å². The van der Waals surface area contributed by atoms with Gasteiger partial charge in [-0.25, -0.2) is 13.6 Å². The molecule has 0 aliphatic rings. The summed E-state index contributed by atoms with van der Waals surface area (Å²) in [6, 6.07) is 18.7. The number of anilines is 1. The number of halogens is 2. The van der Waals surface area contributed by atoms with Gasteiger partial charge in [0.1, 0.15) is 24.0 Å². The molecule has 0 fully saturated rings. The summed E-state index contributed by atoms with van der Waals surface area (Å²) in [6.45, 7) is 1.74.